The van der Waals surface area contributed by atoms with Gasteiger partial charge in [0.1, 0.15) is 5.82 Å². The maximum Gasteiger partial charge on any atom is 0.139 e. The molecule has 1 fully saturated rings. The first kappa shape index (κ1) is 11.4. The summed E-state index contributed by atoms with van der Waals surface area (Å²) >= 11 is 0. The van der Waals surface area contributed by atoms with E-state index in [1.165, 1.54) is 11.1 Å². The van der Waals surface area contributed by atoms with Crippen molar-refractivity contribution in [3.63, 3.8) is 0 Å². The Hall–Kier alpha value is -1.04. The lowest BCUT2D eigenvalue weighted by molar-refractivity contribution is 0.453. The van der Waals surface area contributed by atoms with Gasteiger partial charge in [0, 0.05) is 13.1 Å². The second kappa shape index (κ2) is 4.08. The molecule has 2 atom stereocenters. The van der Waals surface area contributed by atoms with Crippen LogP contribution >= 0.6 is 12.4 Å². The number of hydrogen-bond donors (Lipinski definition) is 1. The van der Waals surface area contributed by atoms with E-state index >= 15 is 0 Å². The minimum Gasteiger partial charge on any atom is -0.316 e. The normalized spacial score (nSPS) is 25.5. The van der Waals surface area contributed by atoms with Crippen LogP contribution in [0.15, 0.2) is 12.1 Å². The summed E-state index contributed by atoms with van der Waals surface area (Å²) in [6.45, 7) is 1.97. The summed E-state index contributed by atoms with van der Waals surface area (Å²) in [5.74, 6) is 3.18. The molecular formula is C13H13ClFN. The van der Waals surface area contributed by atoms with Crippen LogP contribution in [0.25, 0.3) is 0 Å². The third kappa shape index (κ3) is 1.52. The summed E-state index contributed by atoms with van der Waals surface area (Å²) in [5.41, 5.74) is 2.84. The van der Waals surface area contributed by atoms with E-state index in [9.17, 15) is 4.39 Å². The van der Waals surface area contributed by atoms with Gasteiger partial charge in [-0.25, -0.2) is 4.39 Å². The van der Waals surface area contributed by atoms with E-state index in [1.54, 1.807) is 6.07 Å². The monoisotopic (exact) mass is 237 g/mol. The van der Waals surface area contributed by atoms with Crippen LogP contribution < -0.4 is 5.32 Å². The van der Waals surface area contributed by atoms with Crippen molar-refractivity contribution in [2.24, 2.45) is 0 Å². The first-order valence-electron chi connectivity index (χ1n) is 5.30. The number of piperidine rings is 1. The first-order chi connectivity index (χ1) is 7.29. The Morgan fingerprint density at radius 3 is 2.50 bits per heavy atom. The number of benzene rings is 1. The van der Waals surface area contributed by atoms with Crippen molar-refractivity contribution in [1.82, 2.24) is 5.32 Å². The molecule has 0 radical (unpaired) electrons. The molecule has 2 aliphatic rings. The fourth-order valence-corrected chi connectivity index (χ4v) is 2.84. The lowest BCUT2D eigenvalue weighted by atomic mass is 9.98. The Bertz CT molecular complexity index is 464. The molecule has 2 unspecified atom stereocenters. The van der Waals surface area contributed by atoms with Crippen LogP contribution in [0, 0.1) is 18.2 Å². The molecule has 1 nitrogen and oxygen atoms in total. The number of halogens is 2. The molecule has 16 heavy (non-hydrogen) atoms. The summed E-state index contributed by atoms with van der Waals surface area (Å²) < 4.78 is 13.5. The van der Waals surface area contributed by atoms with Crippen LogP contribution in [0.3, 0.4) is 0 Å². The third-order valence-electron chi connectivity index (χ3n) is 3.56. The quantitative estimate of drug-likeness (QED) is 0.684. The number of fused-ring (bicyclic) bond motifs is 5. The molecule has 1 heterocycles. The van der Waals surface area contributed by atoms with E-state index in [0.29, 0.717) is 17.4 Å². The molecule has 0 amide bonds. The van der Waals surface area contributed by atoms with Crippen molar-refractivity contribution >= 4 is 12.4 Å². The van der Waals surface area contributed by atoms with Gasteiger partial charge in [-0.2, -0.15) is 0 Å². The van der Waals surface area contributed by atoms with Crippen molar-refractivity contribution in [3.05, 3.63) is 34.6 Å². The third-order valence-corrected chi connectivity index (χ3v) is 3.56. The lowest BCUT2D eigenvalue weighted by Crippen LogP contribution is -2.28. The van der Waals surface area contributed by atoms with Crippen LogP contribution in [0.5, 0.6) is 0 Å². The highest BCUT2D eigenvalue weighted by Gasteiger charge is 2.34. The predicted octanol–water partition coefficient (Wildman–Crippen LogP) is 2.40. The summed E-state index contributed by atoms with van der Waals surface area (Å²) in [6, 6.07) is 3.50. The SMILES string of the molecule is C#Cc1cc2c(cc1F)C1CNCC2C1.Cl. The standard InChI is InChI=1S/C13H12FN.ClH/c1-2-8-4-11-9-3-10(7-15-6-9)12(11)5-13(8)14;/h1,4-5,9-10,15H,3,6-7H2;1H. The average Bonchev–Trinajstić information content (AvgIpc) is 2.50. The van der Waals surface area contributed by atoms with E-state index in [0.717, 1.165) is 19.5 Å². The van der Waals surface area contributed by atoms with E-state index in [2.05, 4.69) is 11.2 Å². The molecule has 3 rings (SSSR count). The lowest BCUT2D eigenvalue weighted by Gasteiger charge is -2.19. The van der Waals surface area contributed by atoms with Gasteiger partial charge in [-0.3, -0.25) is 0 Å². The van der Waals surface area contributed by atoms with Crippen LogP contribution in [0.4, 0.5) is 4.39 Å². The summed E-state index contributed by atoms with van der Waals surface area (Å²) in [6.07, 6.45) is 6.42. The minimum absolute atomic E-state index is 0. The van der Waals surface area contributed by atoms with Crippen molar-refractivity contribution in [2.45, 2.75) is 18.3 Å². The Morgan fingerprint density at radius 2 is 1.88 bits per heavy atom. The number of nitrogens with one attached hydrogen (secondary N) is 1. The molecule has 0 aromatic heterocycles. The fraction of sp³-hybridized carbons (Fsp3) is 0.385. The van der Waals surface area contributed by atoms with Crippen LogP contribution in [-0.2, 0) is 0 Å². The van der Waals surface area contributed by atoms with Crippen molar-refractivity contribution in [3.8, 4) is 12.3 Å². The molecule has 3 heteroatoms. The fourth-order valence-electron chi connectivity index (χ4n) is 2.84. The van der Waals surface area contributed by atoms with Gasteiger partial charge in [-0.15, -0.1) is 18.8 Å². The van der Waals surface area contributed by atoms with Gasteiger partial charge in [0.2, 0.25) is 0 Å². The molecule has 1 aliphatic heterocycles. The highest BCUT2D eigenvalue weighted by Crippen LogP contribution is 2.44. The molecule has 1 aliphatic carbocycles. The van der Waals surface area contributed by atoms with Crippen molar-refractivity contribution in [1.29, 1.82) is 0 Å². The topological polar surface area (TPSA) is 12.0 Å². The second-order valence-electron chi connectivity index (χ2n) is 4.39. The Morgan fingerprint density at radius 1 is 1.25 bits per heavy atom. The predicted molar refractivity (Wildman–Crippen MR) is 64.6 cm³/mol. The minimum atomic E-state index is -0.246. The largest absolute Gasteiger partial charge is 0.316 e. The Kier molecular flexibility index (Phi) is 2.92. The van der Waals surface area contributed by atoms with E-state index in [4.69, 9.17) is 6.42 Å². The zero-order valence-corrected chi connectivity index (χ0v) is 9.61. The molecule has 1 saturated heterocycles. The number of hydrogen-bond acceptors (Lipinski definition) is 1. The molecule has 0 spiro atoms. The van der Waals surface area contributed by atoms with Gasteiger partial charge in [-0.05, 0) is 41.5 Å². The molecule has 1 N–H and O–H groups in total. The highest BCUT2D eigenvalue weighted by molar-refractivity contribution is 5.85. The van der Waals surface area contributed by atoms with Crippen LogP contribution in [0.2, 0.25) is 0 Å². The molecule has 84 valence electrons. The molecule has 1 aromatic carbocycles. The van der Waals surface area contributed by atoms with Crippen molar-refractivity contribution in [2.75, 3.05) is 13.1 Å². The van der Waals surface area contributed by atoms with Crippen LogP contribution in [-0.4, -0.2) is 13.1 Å². The Labute approximate surface area is 101 Å². The van der Waals surface area contributed by atoms with Gasteiger partial charge < -0.3 is 5.32 Å². The molecule has 0 saturated carbocycles. The summed E-state index contributed by atoms with van der Waals surface area (Å²) in [7, 11) is 0. The maximum atomic E-state index is 13.5. The molecule has 2 bridgehead atoms. The maximum absolute atomic E-state index is 13.5. The van der Waals surface area contributed by atoms with Gasteiger partial charge in [-0.1, -0.05) is 5.92 Å². The van der Waals surface area contributed by atoms with E-state index in [-0.39, 0.29) is 18.2 Å². The summed E-state index contributed by atoms with van der Waals surface area (Å²) in [4.78, 5) is 0. The van der Waals surface area contributed by atoms with E-state index < -0.39 is 0 Å². The first-order valence-corrected chi connectivity index (χ1v) is 5.30. The van der Waals surface area contributed by atoms with Crippen molar-refractivity contribution < 1.29 is 4.39 Å². The molecular weight excluding hydrogens is 225 g/mol. The van der Waals surface area contributed by atoms with E-state index in [1.807, 2.05) is 6.07 Å². The molecule has 1 aromatic rings. The van der Waals surface area contributed by atoms with Gasteiger partial charge >= 0.3 is 0 Å². The second-order valence-corrected chi connectivity index (χ2v) is 4.39. The average molecular weight is 238 g/mol. The summed E-state index contributed by atoms with van der Waals surface area (Å²) in [5, 5.41) is 3.38. The smallest absolute Gasteiger partial charge is 0.139 e. The number of rotatable bonds is 0. The van der Waals surface area contributed by atoms with Gasteiger partial charge in [0.25, 0.3) is 0 Å². The highest BCUT2D eigenvalue weighted by atomic mass is 35.5. The van der Waals surface area contributed by atoms with Crippen LogP contribution in [0.1, 0.15) is 34.9 Å². The zero-order valence-electron chi connectivity index (χ0n) is 8.79. The zero-order chi connectivity index (χ0) is 10.4. The van der Waals surface area contributed by atoms with Gasteiger partial charge in [0.15, 0.2) is 0 Å². The number of terminal acetylenes is 1. The Balaban J connectivity index is 0.000000963. The van der Waals surface area contributed by atoms with Gasteiger partial charge in [0.05, 0.1) is 5.56 Å².